The Morgan fingerprint density at radius 1 is 1.44 bits per heavy atom. The Bertz CT molecular complexity index is 365. The fraction of sp³-hybridized carbons (Fsp3) is 0.364. The molecule has 1 aromatic heterocycles. The smallest absolute Gasteiger partial charge is 0.217 e. The van der Waals surface area contributed by atoms with Gasteiger partial charge in [0.2, 0.25) is 5.91 Å². The molecule has 0 aliphatic carbocycles. The van der Waals surface area contributed by atoms with Gasteiger partial charge in [-0.2, -0.15) is 0 Å². The maximum absolute atomic E-state index is 10.8. The number of nitrogens with one attached hydrogen (secondary N) is 1. The first kappa shape index (κ1) is 12.2. The number of carboxylic acid groups (broad SMARTS) is 1. The van der Waals surface area contributed by atoms with Crippen LogP contribution in [0.15, 0.2) is 24.5 Å². The number of hydrogen-bond donors (Lipinski definition) is 1. The van der Waals surface area contributed by atoms with Crippen LogP contribution >= 0.6 is 0 Å². The van der Waals surface area contributed by atoms with E-state index in [2.05, 4.69) is 10.3 Å². The Kier molecular flexibility index (Phi) is 4.44. The van der Waals surface area contributed by atoms with Crippen molar-refractivity contribution in [2.24, 2.45) is 0 Å². The highest BCUT2D eigenvalue weighted by Crippen LogP contribution is 2.03. The molecule has 0 saturated heterocycles. The Labute approximate surface area is 93.5 Å². The van der Waals surface area contributed by atoms with Crippen molar-refractivity contribution in [1.82, 2.24) is 10.3 Å². The van der Waals surface area contributed by atoms with Crippen LogP contribution in [0.3, 0.4) is 0 Å². The summed E-state index contributed by atoms with van der Waals surface area (Å²) in [6.45, 7) is 1.28. The van der Waals surface area contributed by atoms with Gasteiger partial charge in [-0.15, -0.1) is 0 Å². The predicted molar refractivity (Wildman–Crippen MR) is 55.2 cm³/mol. The number of pyridine rings is 1. The third-order valence-electron chi connectivity index (χ3n) is 2.13. The maximum atomic E-state index is 10.8. The number of rotatable bonds is 5. The van der Waals surface area contributed by atoms with Crippen molar-refractivity contribution < 1.29 is 14.7 Å². The van der Waals surface area contributed by atoms with Gasteiger partial charge < -0.3 is 15.2 Å². The van der Waals surface area contributed by atoms with Crippen molar-refractivity contribution in [3.8, 4) is 0 Å². The summed E-state index contributed by atoms with van der Waals surface area (Å²) in [7, 11) is 0. The van der Waals surface area contributed by atoms with E-state index in [-0.39, 0.29) is 5.91 Å². The van der Waals surface area contributed by atoms with E-state index in [0.717, 1.165) is 5.56 Å². The number of aliphatic carboxylic acids is 1. The SMILES string of the molecule is CC(=O)NC(CCc1ccncc1)C(=O)[O-]. The monoisotopic (exact) mass is 221 g/mol. The minimum Gasteiger partial charge on any atom is -0.548 e. The van der Waals surface area contributed by atoms with Crippen LogP contribution in [0.4, 0.5) is 0 Å². The van der Waals surface area contributed by atoms with Gasteiger partial charge in [0.15, 0.2) is 0 Å². The number of carbonyl (C=O) groups is 2. The second-order valence-electron chi connectivity index (χ2n) is 3.47. The van der Waals surface area contributed by atoms with Gasteiger partial charge in [0.25, 0.3) is 0 Å². The summed E-state index contributed by atoms with van der Waals surface area (Å²) >= 11 is 0. The van der Waals surface area contributed by atoms with Gasteiger partial charge in [-0.1, -0.05) is 0 Å². The number of nitrogens with zero attached hydrogens (tertiary/aromatic N) is 1. The number of amides is 1. The van der Waals surface area contributed by atoms with Crippen LogP contribution in [0.2, 0.25) is 0 Å². The summed E-state index contributed by atoms with van der Waals surface area (Å²) in [6, 6.07) is 2.67. The highest BCUT2D eigenvalue weighted by Gasteiger charge is 2.10. The molecule has 0 spiro atoms. The molecule has 0 aromatic carbocycles. The number of hydrogen-bond acceptors (Lipinski definition) is 4. The molecule has 86 valence electrons. The van der Waals surface area contributed by atoms with E-state index >= 15 is 0 Å². The molecule has 16 heavy (non-hydrogen) atoms. The fourth-order valence-corrected chi connectivity index (χ4v) is 1.35. The molecule has 1 unspecified atom stereocenters. The van der Waals surface area contributed by atoms with E-state index in [4.69, 9.17) is 0 Å². The first-order valence-electron chi connectivity index (χ1n) is 4.96. The Morgan fingerprint density at radius 2 is 2.06 bits per heavy atom. The molecule has 5 nitrogen and oxygen atoms in total. The molecule has 0 aliphatic rings. The van der Waals surface area contributed by atoms with Crippen LogP contribution in [0.5, 0.6) is 0 Å². The first-order valence-corrected chi connectivity index (χ1v) is 4.96. The van der Waals surface area contributed by atoms with E-state index < -0.39 is 12.0 Å². The summed E-state index contributed by atoms with van der Waals surface area (Å²) in [6.07, 6.45) is 4.15. The zero-order chi connectivity index (χ0) is 12.0. The molecule has 1 amide bonds. The minimum atomic E-state index is -1.26. The van der Waals surface area contributed by atoms with Crippen molar-refractivity contribution in [2.45, 2.75) is 25.8 Å². The zero-order valence-corrected chi connectivity index (χ0v) is 8.97. The molecule has 0 saturated carbocycles. The van der Waals surface area contributed by atoms with E-state index in [9.17, 15) is 14.7 Å². The quantitative estimate of drug-likeness (QED) is 0.710. The van der Waals surface area contributed by atoms with Gasteiger partial charge in [0.1, 0.15) is 0 Å². The average molecular weight is 221 g/mol. The minimum absolute atomic E-state index is 0.311. The van der Waals surface area contributed by atoms with Crippen LogP contribution in [0.25, 0.3) is 0 Å². The Balaban J connectivity index is 2.50. The number of carbonyl (C=O) groups excluding carboxylic acids is 2. The van der Waals surface area contributed by atoms with Crippen molar-refractivity contribution in [3.63, 3.8) is 0 Å². The van der Waals surface area contributed by atoms with Crippen LogP contribution in [-0.2, 0) is 16.0 Å². The van der Waals surface area contributed by atoms with E-state index in [0.29, 0.717) is 12.8 Å². The molecule has 0 aliphatic heterocycles. The molecule has 0 bridgehead atoms. The lowest BCUT2D eigenvalue weighted by molar-refractivity contribution is -0.308. The van der Waals surface area contributed by atoms with Crippen LogP contribution in [0, 0.1) is 0 Å². The molecule has 1 rings (SSSR count). The Morgan fingerprint density at radius 3 is 2.56 bits per heavy atom. The van der Waals surface area contributed by atoms with Gasteiger partial charge in [-0.3, -0.25) is 9.78 Å². The second kappa shape index (κ2) is 5.85. The molecule has 0 radical (unpaired) electrons. The Hall–Kier alpha value is -1.91. The summed E-state index contributed by atoms with van der Waals surface area (Å²) in [5.74, 6) is -1.63. The zero-order valence-electron chi connectivity index (χ0n) is 8.97. The normalized spacial score (nSPS) is 11.8. The second-order valence-corrected chi connectivity index (χ2v) is 3.47. The first-order chi connectivity index (χ1) is 7.59. The molecule has 1 atom stereocenters. The van der Waals surface area contributed by atoms with Crippen LogP contribution in [-0.4, -0.2) is 22.9 Å². The highest BCUT2D eigenvalue weighted by molar-refractivity contribution is 5.80. The number of carboxylic acids is 1. The van der Waals surface area contributed by atoms with Gasteiger partial charge >= 0.3 is 0 Å². The van der Waals surface area contributed by atoms with Crippen LogP contribution in [0.1, 0.15) is 18.9 Å². The molecule has 1 N–H and O–H groups in total. The predicted octanol–water partition coefficient (Wildman–Crippen LogP) is -0.731. The topological polar surface area (TPSA) is 82.1 Å². The van der Waals surface area contributed by atoms with Crippen molar-refractivity contribution >= 4 is 11.9 Å². The summed E-state index contributed by atoms with van der Waals surface area (Å²) in [4.78, 5) is 25.3. The largest absolute Gasteiger partial charge is 0.548 e. The molecular weight excluding hydrogens is 208 g/mol. The van der Waals surface area contributed by atoms with Crippen molar-refractivity contribution in [2.75, 3.05) is 0 Å². The molecular formula is C11H13N2O3-. The standard InChI is InChI=1S/C11H14N2O3/c1-8(14)13-10(11(15)16)3-2-9-4-6-12-7-5-9/h4-7,10H,2-3H2,1H3,(H,13,14)(H,15,16)/p-1. The average Bonchev–Trinajstić information content (AvgIpc) is 2.25. The molecule has 5 heteroatoms. The van der Waals surface area contributed by atoms with Gasteiger partial charge in [-0.05, 0) is 30.5 Å². The summed E-state index contributed by atoms with van der Waals surface area (Å²) in [5.41, 5.74) is 0.978. The van der Waals surface area contributed by atoms with Crippen LogP contribution < -0.4 is 10.4 Å². The lowest BCUT2D eigenvalue weighted by Crippen LogP contribution is -2.47. The van der Waals surface area contributed by atoms with E-state index in [1.165, 1.54) is 6.92 Å². The van der Waals surface area contributed by atoms with Gasteiger partial charge in [0, 0.05) is 19.3 Å². The van der Waals surface area contributed by atoms with Crippen molar-refractivity contribution in [3.05, 3.63) is 30.1 Å². The van der Waals surface area contributed by atoms with E-state index in [1.807, 2.05) is 0 Å². The summed E-state index contributed by atoms with van der Waals surface area (Å²) < 4.78 is 0. The van der Waals surface area contributed by atoms with Gasteiger partial charge in [0.05, 0.1) is 12.0 Å². The lowest BCUT2D eigenvalue weighted by Gasteiger charge is -2.18. The molecule has 1 heterocycles. The number of aromatic nitrogens is 1. The van der Waals surface area contributed by atoms with Gasteiger partial charge in [-0.25, -0.2) is 0 Å². The van der Waals surface area contributed by atoms with Crippen molar-refractivity contribution in [1.29, 1.82) is 0 Å². The summed E-state index contributed by atoms with van der Waals surface area (Å²) in [5, 5.41) is 13.1. The van der Waals surface area contributed by atoms with E-state index in [1.54, 1.807) is 24.5 Å². The third kappa shape index (κ3) is 4.08. The fourth-order valence-electron chi connectivity index (χ4n) is 1.35. The highest BCUT2D eigenvalue weighted by atomic mass is 16.4. The molecule has 0 fully saturated rings. The maximum Gasteiger partial charge on any atom is 0.217 e. The lowest BCUT2D eigenvalue weighted by atomic mass is 10.1. The molecule has 1 aromatic rings. The third-order valence-corrected chi connectivity index (χ3v) is 2.13. The number of aryl methyl sites for hydroxylation is 1.